The molecule has 1 fully saturated rings. The summed E-state index contributed by atoms with van der Waals surface area (Å²) in [4.78, 5) is 16.9. The normalized spacial score (nSPS) is 13.6. The third-order valence-electron chi connectivity index (χ3n) is 5.34. The average Bonchev–Trinajstić information content (AvgIpc) is 2.87. The molecule has 4 aromatic rings. The van der Waals surface area contributed by atoms with Gasteiger partial charge in [0.25, 0.3) is 0 Å². The molecule has 0 aliphatic carbocycles. The highest BCUT2D eigenvalue weighted by Crippen LogP contribution is 2.35. The van der Waals surface area contributed by atoms with E-state index >= 15 is 0 Å². The Balaban J connectivity index is 1.40. The summed E-state index contributed by atoms with van der Waals surface area (Å²) in [5.74, 6) is 0.546. The molecule has 2 aromatic carbocycles. The van der Waals surface area contributed by atoms with E-state index in [1.54, 1.807) is 24.2 Å². The number of rotatable bonds is 6. The second kappa shape index (κ2) is 9.89. The maximum Gasteiger partial charge on any atom is 0.228 e. The molecule has 2 aromatic heterocycles. The number of nitrogens with zero attached hydrogens (tertiary/aromatic N) is 4. The van der Waals surface area contributed by atoms with Crippen LogP contribution in [-0.2, 0) is 4.74 Å². The zero-order chi connectivity index (χ0) is 22.5. The number of nitrogens with one attached hydrogen (secondary N) is 1. The van der Waals surface area contributed by atoms with Gasteiger partial charge in [-0.15, -0.1) is 0 Å². The number of nitrogen functional groups attached to an aromatic ring is 1. The average molecular weight is 457 g/mol. The van der Waals surface area contributed by atoms with E-state index in [0.29, 0.717) is 5.95 Å². The highest BCUT2D eigenvalue weighted by Gasteiger charge is 2.13. The fourth-order valence-electron chi connectivity index (χ4n) is 3.59. The Morgan fingerprint density at radius 1 is 0.909 bits per heavy atom. The molecule has 1 aliphatic rings. The van der Waals surface area contributed by atoms with E-state index in [2.05, 4.69) is 44.5 Å². The van der Waals surface area contributed by atoms with Crippen molar-refractivity contribution >= 4 is 34.8 Å². The molecule has 0 atom stereocenters. The molecule has 0 unspecified atom stereocenters. The zero-order valence-corrected chi connectivity index (χ0v) is 18.8. The topological polar surface area (TPSA) is 89.2 Å². The number of benzene rings is 2. The fraction of sp³-hybridized carbons (Fsp3) is 0.160. The van der Waals surface area contributed by atoms with Gasteiger partial charge in [0.1, 0.15) is 5.03 Å². The lowest BCUT2D eigenvalue weighted by molar-refractivity contribution is 0.122. The van der Waals surface area contributed by atoms with Gasteiger partial charge in [-0.2, -0.15) is 0 Å². The predicted molar refractivity (Wildman–Crippen MR) is 133 cm³/mol. The number of nitrogens with two attached hydrogens (primary N) is 1. The Bertz CT molecular complexity index is 1200. The Kier molecular flexibility index (Phi) is 6.37. The van der Waals surface area contributed by atoms with Gasteiger partial charge in [-0.05, 0) is 66.2 Å². The Labute approximate surface area is 197 Å². The molecule has 1 aliphatic heterocycles. The summed E-state index contributed by atoms with van der Waals surface area (Å²) >= 11 is 1.58. The highest BCUT2D eigenvalue weighted by atomic mass is 32.2. The van der Waals surface area contributed by atoms with Crippen LogP contribution in [0.5, 0.6) is 0 Å². The van der Waals surface area contributed by atoms with Crippen molar-refractivity contribution in [1.29, 1.82) is 0 Å². The van der Waals surface area contributed by atoms with E-state index in [1.807, 2.05) is 42.6 Å². The zero-order valence-electron chi connectivity index (χ0n) is 18.0. The third kappa shape index (κ3) is 5.24. The molecule has 0 amide bonds. The summed E-state index contributed by atoms with van der Waals surface area (Å²) in [6.07, 6.45) is 5.40. The minimum absolute atomic E-state index is 0.546. The molecule has 3 heterocycles. The van der Waals surface area contributed by atoms with Crippen LogP contribution in [0.25, 0.3) is 11.1 Å². The van der Waals surface area contributed by atoms with Gasteiger partial charge in [-0.25, -0.2) is 9.97 Å². The maximum absolute atomic E-state index is 5.85. The van der Waals surface area contributed by atoms with Crippen molar-refractivity contribution in [2.24, 2.45) is 0 Å². The smallest absolute Gasteiger partial charge is 0.228 e. The van der Waals surface area contributed by atoms with Crippen molar-refractivity contribution in [2.75, 3.05) is 42.3 Å². The molecule has 1 saturated heterocycles. The maximum atomic E-state index is 5.85. The summed E-state index contributed by atoms with van der Waals surface area (Å²) < 4.78 is 5.44. The molecule has 0 radical (unpaired) electrons. The summed E-state index contributed by atoms with van der Waals surface area (Å²) in [6.45, 7) is 3.37. The first-order valence-corrected chi connectivity index (χ1v) is 11.6. The number of hydrogen-bond acceptors (Lipinski definition) is 8. The number of pyridine rings is 1. The number of ether oxygens (including phenoxy) is 1. The summed E-state index contributed by atoms with van der Waals surface area (Å²) in [6, 6.07) is 20.0. The fourth-order valence-corrected chi connectivity index (χ4v) is 4.50. The van der Waals surface area contributed by atoms with Crippen LogP contribution < -0.4 is 16.0 Å². The van der Waals surface area contributed by atoms with Crippen molar-refractivity contribution in [2.45, 2.75) is 9.92 Å². The standard InChI is InChI=1S/C25H24N6OS/c26-19-1-7-22(8-2-19)33-24-23(18-9-11-27-12-10-18)17-28-25(30-24)29-20-3-5-21(6-4-20)31-13-15-32-16-14-31/h1-12,17H,13-16,26H2,(H,28,29,30). The first-order chi connectivity index (χ1) is 16.2. The van der Waals surface area contributed by atoms with E-state index in [1.165, 1.54) is 5.69 Å². The molecule has 33 heavy (non-hydrogen) atoms. The predicted octanol–water partition coefficient (Wildman–Crippen LogP) is 4.85. The third-order valence-corrected chi connectivity index (χ3v) is 6.35. The molecule has 8 heteroatoms. The second-order valence-electron chi connectivity index (χ2n) is 7.59. The van der Waals surface area contributed by atoms with Crippen molar-refractivity contribution in [1.82, 2.24) is 15.0 Å². The molecular formula is C25H24N6OS. The van der Waals surface area contributed by atoms with Crippen LogP contribution in [0.2, 0.25) is 0 Å². The largest absolute Gasteiger partial charge is 0.399 e. The van der Waals surface area contributed by atoms with Crippen molar-refractivity contribution in [3.05, 3.63) is 79.3 Å². The lowest BCUT2D eigenvalue weighted by Crippen LogP contribution is -2.36. The van der Waals surface area contributed by atoms with Gasteiger partial charge in [-0.3, -0.25) is 4.98 Å². The Morgan fingerprint density at radius 3 is 2.36 bits per heavy atom. The molecule has 5 rings (SSSR count). The first kappa shape index (κ1) is 21.2. The quantitative estimate of drug-likeness (QED) is 0.314. The molecule has 3 N–H and O–H groups in total. The first-order valence-electron chi connectivity index (χ1n) is 10.8. The van der Waals surface area contributed by atoms with E-state index in [-0.39, 0.29) is 0 Å². The molecule has 0 bridgehead atoms. The van der Waals surface area contributed by atoms with Gasteiger partial charge in [0.2, 0.25) is 5.95 Å². The van der Waals surface area contributed by atoms with Crippen LogP contribution in [0.3, 0.4) is 0 Å². The van der Waals surface area contributed by atoms with Gasteiger partial charge in [0, 0.05) is 59.2 Å². The number of anilines is 4. The molecule has 7 nitrogen and oxygen atoms in total. The molecule has 0 spiro atoms. The Hall–Kier alpha value is -3.62. The summed E-state index contributed by atoms with van der Waals surface area (Å²) in [7, 11) is 0. The van der Waals surface area contributed by atoms with Crippen LogP contribution in [0.15, 0.2) is 89.2 Å². The lowest BCUT2D eigenvalue weighted by atomic mass is 10.1. The van der Waals surface area contributed by atoms with Crippen LogP contribution in [0, 0.1) is 0 Å². The van der Waals surface area contributed by atoms with Gasteiger partial charge in [-0.1, -0.05) is 11.8 Å². The van der Waals surface area contributed by atoms with E-state index < -0.39 is 0 Å². The van der Waals surface area contributed by atoms with E-state index in [0.717, 1.165) is 58.7 Å². The lowest BCUT2D eigenvalue weighted by Gasteiger charge is -2.28. The number of aromatic nitrogens is 3. The highest BCUT2D eigenvalue weighted by molar-refractivity contribution is 7.99. The summed E-state index contributed by atoms with van der Waals surface area (Å²) in [5, 5.41) is 4.19. The number of morpholine rings is 1. The van der Waals surface area contributed by atoms with Crippen molar-refractivity contribution < 1.29 is 4.74 Å². The van der Waals surface area contributed by atoms with Crippen molar-refractivity contribution in [3.8, 4) is 11.1 Å². The van der Waals surface area contributed by atoms with Gasteiger partial charge in [0.15, 0.2) is 0 Å². The SMILES string of the molecule is Nc1ccc(Sc2nc(Nc3ccc(N4CCOCC4)cc3)ncc2-c2ccncc2)cc1. The molecule has 0 saturated carbocycles. The second-order valence-corrected chi connectivity index (χ2v) is 8.65. The number of hydrogen-bond donors (Lipinski definition) is 2. The molecular weight excluding hydrogens is 432 g/mol. The van der Waals surface area contributed by atoms with Crippen LogP contribution in [-0.4, -0.2) is 41.3 Å². The van der Waals surface area contributed by atoms with Gasteiger partial charge >= 0.3 is 0 Å². The van der Waals surface area contributed by atoms with Crippen molar-refractivity contribution in [3.63, 3.8) is 0 Å². The minimum Gasteiger partial charge on any atom is -0.399 e. The Morgan fingerprint density at radius 2 is 1.64 bits per heavy atom. The summed E-state index contributed by atoms with van der Waals surface area (Å²) in [5.41, 5.74) is 10.7. The minimum atomic E-state index is 0.546. The van der Waals surface area contributed by atoms with E-state index in [4.69, 9.17) is 15.5 Å². The van der Waals surface area contributed by atoms with Crippen LogP contribution in [0.1, 0.15) is 0 Å². The molecule has 166 valence electrons. The van der Waals surface area contributed by atoms with E-state index in [9.17, 15) is 0 Å². The van der Waals surface area contributed by atoms with Gasteiger partial charge < -0.3 is 20.7 Å². The monoisotopic (exact) mass is 456 g/mol. The van der Waals surface area contributed by atoms with Crippen LogP contribution >= 0.6 is 11.8 Å². The van der Waals surface area contributed by atoms with Gasteiger partial charge in [0.05, 0.1) is 13.2 Å². The van der Waals surface area contributed by atoms with Crippen LogP contribution in [0.4, 0.5) is 23.0 Å².